The highest BCUT2D eigenvalue weighted by atomic mass is 15.1. The molecule has 52 heavy (non-hydrogen) atoms. The molecule has 8 bridgehead atoms. The quantitative estimate of drug-likeness (QED) is 0.181. The molecule has 0 unspecified atom stereocenters. The summed E-state index contributed by atoms with van der Waals surface area (Å²) in [6.45, 7) is 4.27. The highest BCUT2D eigenvalue weighted by Crippen LogP contribution is 2.42. The molecule has 0 saturated carbocycles. The van der Waals surface area contributed by atoms with Gasteiger partial charge in [0.1, 0.15) is 0 Å². The summed E-state index contributed by atoms with van der Waals surface area (Å²) in [6.07, 6.45) is 0. The van der Waals surface area contributed by atoms with E-state index in [-0.39, 0.29) is 0 Å². The van der Waals surface area contributed by atoms with Gasteiger partial charge in [0.2, 0.25) is 0 Å². The van der Waals surface area contributed by atoms with E-state index in [2.05, 4.69) is 218 Å². The van der Waals surface area contributed by atoms with Gasteiger partial charge in [0.25, 0.3) is 0 Å². The summed E-state index contributed by atoms with van der Waals surface area (Å²) in [7, 11) is 0. The van der Waals surface area contributed by atoms with Crippen LogP contribution in [0.4, 0.5) is 34.1 Å². The molecule has 7 aliphatic rings. The first-order valence-corrected chi connectivity index (χ1v) is 17.9. The van der Waals surface area contributed by atoms with Gasteiger partial charge in [-0.15, -0.1) is 0 Å². The van der Waals surface area contributed by atoms with Gasteiger partial charge < -0.3 is 9.80 Å². The number of nitrogens with zero attached hydrogens (tertiary/aromatic N) is 2. The summed E-state index contributed by atoms with van der Waals surface area (Å²) in [5.41, 5.74) is 18.7. The molecule has 0 fully saturated rings. The standard InChI is InChI=1S/C50H38N2/c1-35-11-23-41(24-12-35)51-43-27-15-37(16-28-43)47-7-3-5-9-49(47)39-19-31-45(32-20-39)52(42-25-13-36(2)14-26-42)46-33-21-40(22-34-46)50-10-6-4-8-48(50)38-17-29-44(51)30-18-38/h3-34H,1-2H3. The fraction of sp³-hybridized carbons (Fsp3) is 0.0400. The van der Waals surface area contributed by atoms with Crippen molar-refractivity contribution in [3.8, 4) is 44.5 Å². The van der Waals surface area contributed by atoms with E-state index in [4.69, 9.17) is 0 Å². The Kier molecular flexibility index (Phi) is 7.98. The van der Waals surface area contributed by atoms with E-state index in [1.165, 1.54) is 55.6 Å². The fourth-order valence-corrected chi connectivity index (χ4v) is 7.42. The average Bonchev–Trinajstić information content (AvgIpc) is 3.20. The van der Waals surface area contributed by atoms with Crippen molar-refractivity contribution in [3.63, 3.8) is 0 Å². The van der Waals surface area contributed by atoms with Crippen LogP contribution in [0.15, 0.2) is 194 Å². The molecule has 0 spiro atoms. The number of aryl methyl sites for hydroxylation is 2. The van der Waals surface area contributed by atoms with E-state index < -0.39 is 0 Å². The molecule has 8 aromatic carbocycles. The van der Waals surface area contributed by atoms with Crippen LogP contribution in [0.1, 0.15) is 11.1 Å². The Balaban J connectivity index is 1.24. The monoisotopic (exact) mass is 666 g/mol. The SMILES string of the molecule is Cc1ccc(N2c3ccc(cc3)-c3ccccc3-c3ccc(cc3)N(c3ccc(C)cc3)c3ccc(cc3)-c3ccccc3-c3ccc2cc3)cc1. The second kappa shape index (κ2) is 13.2. The molecule has 0 saturated heterocycles. The van der Waals surface area contributed by atoms with Gasteiger partial charge in [-0.1, -0.05) is 132 Å². The second-order valence-electron chi connectivity index (χ2n) is 13.6. The van der Waals surface area contributed by atoms with Crippen molar-refractivity contribution in [2.75, 3.05) is 9.80 Å². The molecule has 7 heterocycles. The van der Waals surface area contributed by atoms with Gasteiger partial charge in [-0.05, 0) is 131 Å². The Morgan fingerprint density at radius 1 is 0.231 bits per heavy atom. The smallest absolute Gasteiger partial charge is 0.0462 e. The largest absolute Gasteiger partial charge is 0.311 e. The number of anilines is 6. The minimum absolute atomic E-state index is 1.11. The van der Waals surface area contributed by atoms with E-state index in [9.17, 15) is 0 Å². The zero-order chi connectivity index (χ0) is 35.0. The minimum Gasteiger partial charge on any atom is -0.311 e. The van der Waals surface area contributed by atoms with Crippen LogP contribution >= 0.6 is 0 Å². The lowest BCUT2D eigenvalue weighted by Gasteiger charge is -2.27. The van der Waals surface area contributed by atoms with E-state index in [1.54, 1.807) is 0 Å². The highest BCUT2D eigenvalue weighted by Gasteiger charge is 2.17. The van der Waals surface area contributed by atoms with Crippen LogP contribution in [0.25, 0.3) is 44.5 Å². The predicted octanol–water partition coefficient (Wildman–Crippen LogP) is 14.2. The van der Waals surface area contributed by atoms with Crippen LogP contribution in [-0.2, 0) is 0 Å². The third-order valence-corrected chi connectivity index (χ3v) is 10.2. The second-order valence-corrected chi connectivity index (χ2v) is 13.6. The maximum Gasteiger partial charge on any atom is 0.0462 e. The molecule has 0 amide bonds. The normalized spacial score (nSPS) is 12.0. The van der Waals surface area contributed by atoms with Crippen molar-refractivity contribution in [1.29, 1.82) is 0 Å². The van der Waals surface area contributed by atoms with Gasteiger partial charge >= 0.3 is 0 Å². The van der Waals surface area contributed by atoms with E-state index in [0.717, 1.165) is 34.1 Å². The number of rotatable bonds is 2. The average molecular weight is 667 g/mol. The predicted molar refractivity (Wildman–Crippen MR) is 221 cm³/mol. The molecule has 2 nitrogen and oxygen atoms in total. The first-order chi connectivity index (χ1) is 25.6. The molecule has 15 rings (SSSR count). The number of hydrogen-bond donors (Lipinski definition) is 0. The molecule has 2 heteroatoms. The van der Waals surface area contributed by atoms with Crippen molar-refractivity contribution < 1.29 is 0 Å². The molecule has 0 aromatic heterocycles. The molecule has 0 aliphatic carbocycles. The Hall–Kier alpha value is -6.64. The Morgan fingerprint density at radius 2 is 0.423 bits per heavy atom. The van der Waals surface area contributed by atoms with E-state index in [0.29, 0.717) is 0 Å². The molecule has 0 N–H and O–H groups in total. The lowest BCUT2D eigenvalue weighted by Crippen LogP contribution is -2.10. The van der Waals surface area contributed by atoms with Crippen LogP contribution < -0.4 is 9.80 Å². The van der Waals surface area contributed by atoms with Gasteiger partial charge in [0.05, 0.1) is 0 Å². The zero-order valence-electron chi connectivity index (χ0n) is 29.4. The first kappa shape index (κ1) is 31.3. The Bertz CT molecular complexity index is 2160. The first-order valence-electron chi connectivity index (χ1n) is 17.9. The van der Waals surface area contributed by atoms with Crippen molar-refractivity contribution in [3.05, 3.63) is 205 Å². The van der Waals surface area contributed by atoms with Crippen LogP contribution in [0.3, 0.4) is 0 Å². The minimum atomic E-state index is 1.11. The number of hydrogen-bond acceptors (Lipinski definition) is 2. The lowest BCUT2D eigenvalue weighted by atomic mass is 9.93. The Morgan fingerprint density at radius 3 is 0.635 bits per heavy atom. The molecule has 248 valence electrons. The van der Waals surface area contributed by atoms with Gasteiger partial charge in [-0.2, -0.15) is 0 Å². The molecule has 0 atom stereocenters. The van der Waals surface area contributed by atoms with E-state index in [1.807, 2.05) is 0 Å². The topological polar surface area (TPSA) is 6.48 Å². The van der Waals surface area contributed by atoms with Crippen LogP contribution in [-0.4, -0.2) is 0 Å². The summed E-state index contributed by atoms with van der Waals surface area (Å²) < 4.78 is 0. The van der Waals surface area contributed by atoms with Gasteiger partial charge in [-0.3, -0.25) is 0 Å². The van der Waals surface area contributed by atoms with Crippen LogP contribution in [0.2, 0.25) is 0 Å². The third-order valence-electron chi connectivity index (χ3n) is 10.2. The van der Waals surface area contributed by atoms with Crippen molar-refractivity contribution in [1.82, 2.24) is 0 Å². The molecular formula is C50H38N2. The maximum atomic E-state index is 2.34. The summed E-state index contributed by atoms with van der Waals surface area (Å²) in [5, 5.41) is 0. The highest BCUT2D eigenvalue weighted by molar-refractivity contribution is 5.89. The summed E-state index contributed by atoms with van der Waals surface area (Å²) in [5.74, 6) is 0. The third kappa shape index (κ3) is 5.85. The summed E-state index contributed by atoms with van der Waals surface area (Å²) in [6, 6.07) is 71.0. The fourth-order valence-electron chi connectivity index (χ4n) is 7.42. The van der Waals surface area contributed by atoms with Crippen molar-refractivity contribution in [2.45, 2.75) is 13.8 Å². The molecular weight excluding hydrogens is 629 g/mol. The van der Waals surface area contributed by atoms with E-state index >= 15 is 0 Å². The zero-order valence-corrected chi connectivity index (χ0v) is 29.4. The number of benzene rings is 8. The van der Waals surface area contributed by atoms with Crippen LogP contribution in [0, 0.1) is 13.8 Å². The Labute approximate surface area is 306 Å². The summed E-state index contributed by atoms with van der Waals surface area (Å²) >= 11 is 0. The summed E-state index contributed by atoms with van der Waals surface area (Å²) in [4.78, 5) is 4.68. The van der Waals surface area contributed by atoms with Gasteiger partial charge in [-0.25, -0.2) is 0 Å². The molecule has 8 aromatic rings. The van der Waals surface area contributed by atoms with Crippen molar-refractivity contribution >= 4 is 34.1 Å². The lowest BCUT2D eigenvalue weighted by molar-refractivity contribution is 1.27. The van der Waals surface area contributed by atoms with Crippen LogP contribution in [0.5, 0.6) is 0 Å². The molecule has 0 radical (unpaired) electrons. The molecule has 7 aliphatic heterocycles. The van der Waals surface area contributed by atoms with Crippen molar-refractivity contribution in [2.24, 2.45) is 0 Å². The maximum absolute atomic E-state index is 2.34. The van der Waals surface area contributed by atoms with Gasteiger partial charge in [0.15, 0.2) is 0 Å². The van der Waals surface area contributed by atoms with Gasteiger partial charge in [0, 0.05) is 34.1 Å².